The van der Waals surface area contributed by atoms with Crippen molar-refractivity contribution >= 4 is 19.9 Å². The average Bonchev–Trinajstić information content (AvgIpc) is 3.42. The van der Waals surface area contributed by atoms with Crippen molar-refractivity contribution < 1.29 is 14.3 Å². The van der Waals surface area contributed by atoms with E-state index in [0.717, 1.165) is 47.1 Å². The third-order valence-corrected chi connectivity index (χ3v) is 7.30. The zero-order valence-corrected chi connectivity index (χ0v) is 20.1. The zero-order valence-electron chi connectivity index (χ0n) is 19.1. The van der Waals surface area contributed by atoms with Crippen LogP contribution in [0.25, 0.3) is 11.3 Å². The van der Waals surface area contributed by atoms with Gasteiger partial charge >= 0.3 is 6.09 Å². The fourth-order valence-corrected chi connectivity index (χ4v) is 4.54. The molecule has 7 heteroatoms. The van der Waals surface area contributed by atoms with Crippen molar-refractivity contribution in [3.05, 3.63) is 72.2 Å². The molecule has 0 radical (unpaired) electrons. The summed E-state index contributed by atoms with van der Waals surface area (Å²) in [6.07, 6.45) is 4.29. The summed E-state index contributed by atoms with van der Waals surface area (Å²) in [7, 11) is -1.09. The third kappa shape index (κ3) is 5.47. The van der Waals surface area contributed by atoms with Gasteiger partial charge in [0.25, 0.3) is 0 Å². The molecule has 0 bridgehead atoms. The van der Waals surface area contributed by atoms with E-state index in [1.54, 1.807) is 4.90 Å². The van der Waals surface area contributed by atoms with Crippen molar-refractivity contribution in [3.63, 3.8) is 0 Å². The lowest BCUT2D eigenvalue weighted by molar-refractivity contribution is 0.0871. The molecule has 6 nitrogen and oxygen atoms in total. The lowest BCUT2D eigenvalue weighted by atomic mass is 10.0. The van der Waals surface area contributed by atoms with E-state index in [2.05, 4.69) is 30.7 Å². The van der Waals surface area contributed by atoms with Gasteiger partial charge in [0.15, 0.2) is 0 Å². The van der Waals surface area contributed by atoms with Crippen LogP contribution >= 0.6 is 0 Å². The summed E-state index contributed by atoms with van der Waals surface area (Å²) >= 11 is 0. The van der Waals surface area contributed by atoms with Crippen molar-refractivity contribution in [2.24, 2.45) is 0 Å². The van der Waals surface area contributed by atoms with Crippen LogP contribution in [0.1, 0.15) is 11.1 Å². The minimum atomic E-state index is -1.09. The van der Waals surface area contributed by atoms with E-state index in [9.17, 15) is 4.79 Å². The molecular formula is C25H31N3O3Si. The van der Waals surface area contributed by atoms with Gasteiger partial charge in [-0.15, -0.1) is 0 Å². The maximum atomic E-state index is 12.7. The summed E-state index contributed by atoms with van der Waals surface area (Å²) in [6, 6.07) is 16.9. The molecule has 3 aromatic rings. The van der Waals surface area contributed by atoms with E-state index in [-0.39, 0.29) is 12.7 Å². The molecule has 0 N–H and O–H groups in total. The van der Waals surface area contributed by atoms with E-state index >= 15 is 0 Å². The van der Waals surface area contributed by atoms with E-state index in [4.69, 9.17) is 9.47 Å². The Labute approximate surface area is 190 Å². The van der Waals surface area contributed by atoms with Gasteiger partial charge in [-0.05, 0) is 29.7 Å². The zero-order chi connectivity index (χ0) is 22.6. The predicted octanol–water partition coefficient (Wildman–Crippen LogP) is 5.56. The number of imidazole rings is 1. The van der Waals surface area contributed by atoms with Crippen LogP contribution < -0.4 is 4.90 Å². The van der Waals surface area contributed by atoms with Crippen molar-refractivity contribution in [1.82, 2.24) is 9.55 Å². The number of hydrogen-bond acceptors (Lipinski definition) is 4. The highest BCUT2D eigenvalue weighted by atomic mass is 28.3. The molecule has 0 aliphatic carbocycles. The Hall–Kier alpha value is -2.90. The van der Waals surface area contributed by atoms with E-state index in [1.165, 1.54) is 0 Å². The first kappa shape index (κ1) is 22.3. The van der Waals surface area contributed by atoms with Crippen molar-refractivity contribution in [1.29, 1.82) is 0 Å². The van der Waals surface area contributed by atoms with Crippen molar-refractivity contribution in [2.75, 3.05) is 18.1 Å². The van der Waals surface area contributed by atoms with Gasteiger partial charge in [-0.2, -0.15) is 0 Å². The van der Waals surface area contributed by atoms with Gasteiger partial charge in [0, 0.05) is 33.0 Å². The van der Waals surface area contributed by atoms with E-state index in [1.807, 2.05) is 59.6 Å². The molecule has 0 spiro atoms. The molecule has 32 heavy (non-hydrogen) atoms. The maximum absolute atomic E-state index is 12.7. The van der Waals surface area contributed by atoms with Gasteiger partial charge in [-0.1, -0.05) is 62.1 Å². The van der Waals surface area contributed by atoms with Crippen molar-refractivity contribution in [3.8, 4) is 11.3 Å². The highest BCUT2D eigenvalue weighted by molar-refractivity contribution is 6.76. The normalized spacial score (nSPS) is 13.3. The molecule has 0 unspecified atom stereocenters. The Kier molecular flexibility index (Phi) is 6.76. The largest absolute Gasteiger partial charge is 0.444 e. The molecule has 0 saturated heterocycles. The average molecular weight is 450 g/mol. The minimum absolute atomic E-state index is 0.271. The number of rotatable bonds is 8. The molecule has 2 aromatic carbocycles. The third-order valence-electron chi connectivity index (χ3n) is 5.60. The van der Waals surface area contributed by atoms with Gasteiger partial charge in [0.05, 0.1) is 17.7 Å². The Bertz CT molecular complexity index is 1060. The van der Waals surface area contributed by atoms with Crippen LogP contribution in [0.15, 0.2) is 61.1 Å². The van der Waals surface area contributed by atoms with Gasteiger partial charge in [-0.3, -0.25) is 4.90 Å². The standard InChI is InChI=1S/C25H31N3O3Si/c1-32(2,3)15-14-30-19-27-16-23(26-18-27)21-10-7-11-24-22(21)12-13-28(24)25(29)31-17-20-8-5-4-6-9-20/h4-11,16,18H,12-15,17,19H2,1-3H3. The topological polar surface area (TPSA) is 56.6 Å². The maximum Gasteiger partial charge on any atom is 0.414 e. The molecule has 1 amide bonds. The number of anilines is 1. The summed E-state index contributed by atoms with van der Waals surface area (Å²) in [4.78, 5) is 19.0. The van der Waals surface area contributed by atoms with Crippen LogP contribution in [-0.2, 0) is 29.2 Å². The molecule has 2 heterocycles. The quantitative estimate of drug-likeness (QED) is 0.334. The number of aromatic nitrogens is 2. The van der Waals surface area contributed by atoms with E-state index < -0.39 is 8.07 Å². The van der Waals surface area contributed by atoms with Crippen LogP contribution in [0.5, 0.6) is 0 Å². The summed E-state index contributed by atoms with van der Waals surface area (Å²) in [5.41, 5.74) is 4.97. The summed E-state index contributed by atoms with van der Waals surface area (Å²) < 4.78 is 13.4. The van der Waals surface area contributed by atoms with Crippen LogP contribution in [0, 0.1) is 0 Å². The molecule has 0 atom stereocenters. The highest BCUT2D eigenvalue weighted by Gasteiger charge is 2.28. The summed E-state index contributed by atoms with van der Waals surface area (Å²) in [6.45, 7) is 9.22. The van der Waals surface area contributed by atoms with Gasteiger partial charge < -0.3 is 14.0 Å². The Morgan fingerprint density at radius 3 is 2.69 bits per heavy atom. The number of fused-ring (bicyclic) bond motifs is 1. The van der Waals surface area contributed by atoms with Crippen LogP contribution in [0.3, 0.4) is 0 Å². The second kappa shape index (κ2) is 9.71. The predicted molar refractivity (Wildman–Crippen MR) is 129 cm³/mol. The molecule has 0 fully saturated rings. The molecule has 1 aromatic heterocycles. The molecule has 1 aliphatic rings. The first-order chi connectivity index (χ1) is 15.4. The number of ether oxygens (including phenoxy) is 2. The number of carbonyl (C=O) groups is 1. The molecular weight excluding hydrogens is 418 g/mol. The van der Waals surface area contributed by atoms with Crippen LogP contribution in [-0.4, -0.2) is 36.9 Å². The fraction of sp³-hybridized carbons (Fsp3) is 0.360. The number of hydrogen-bond donors (Lipinski definition) is 0. The number of amides is 1. The smallest absolute Gasteiger partial charge is 0.414 e. The lowest BCUT2D eigenvalue weighted by Gasteiger charge is -2.17. The van der Waals surface area contributed by atoms with Crippen LogP contribution in [0.2, 0.25) is 25.7 Å². The number of carbonyl (C=O) groups excluding carboxylic acids is 1. The van der Waals surface area contributed by atoms with Gasteiger partial charge in [0.1, 0.15) is 13.3 Å². The summed E-state index contributed by atoms with van der Waals surface area (Å²) in [5.74, 6) is 0. The van der Waals surface area contributed by atoms with Crippen molar-refractivity contribution in [2.45, 2.75) is 45.4 Å². The molecule has 4 rings (SSSR count). The minimum Gasteiger partial charge on any atom is -0.444 e. The number of benzene rings is 2. The molecule has 168 valence electrons. The summed E-state index contributed by atoms with van der Waals surface area (Å²) in [5, 5.41) is 0. The fourth-order valence-electron chi connectivity index (χ4n) is 3.78. The highest BCUT2D eigenvalue weighted by Crippen LogP contribution is 2.36. The first-order valence-corrected chi connectivity index (χ1v) is 14.8. The second-order valence-electron chi connectivity index (χ2n) is 9.37. The van der Waals surface area contributed by atoms with Crippen LogP contribution in [0.4, 0.5) is 10.5 Å². The first-order valence-electron chi connectivity index (χ1n) is 11.1. The Balaban J connectivity index is 1.41. The van der Waals surface area contributed by atoms with Gasteiger partial charge in [0.2, 0.25) is 0 Å². The van der Waals surface area contributed by atoms with E-state index in [0.29, 0.717) is 13.3 Å². The monoisotopic (exact) mass is 449 g/mol. The second-order valence-corrected chi connectivity index (χ2v) is 15.0. The number of nitrogens with zero attached hydrogens (tertiary/aromatic N) is 3. The Morgan fingerprint density at radius 1 is 1.09 bits per heavy atom. The SMILES string of the molecule is C[Si](C)(C)CCOCn1cnc(-c2cccc3c2CCN3C(=O)OCc2ccccc2)c1. The molecule has 0 saturated carbocycles. The Morgan fingerprint density at radius 2 is 1.91 bits per heavy atom. The van der Waals surface area contributed by atoms with Gasteiger partial charge in [-0.25, -0.2) is 9.78 Å². The molecule has 1 aliphatic heterocycles. The lowest BCUT2D eigenvalue weighted by Crippen LogP contribution is -2.29.